The number of fused-ring (bicyclic) bond motifs is 1. The molecule has 3 N–H and O–H groups in total. The molecule has 4 nitrogen and oxygen atoms in total. The monoisotopic (exact) mass is 285 g/mol. The van der Waals surface area contributed by atoms with Gasteiger partial charge in [0.25, 0.3) is 0 Å². The SMILES string of the molecule is Cc1ccc2nc(NC(=O)C(C)CN)sc2c1.Cl. The van der Waals surface area contributed by atoms with E-state index in [-0.39, 0.29) is 24.2 Å². The molecule has 0 radical (unpaired) electrons. The van der Waals surface area contributed by atoms with Gasteiger partial charge in [-0.05, 0) is 24.6 Å². The number of aryl methyl sites for hydroxylation is 1. The molecule has 0 aliphatic carbocycles. The van der Waals surface area contributed by atoms with Gasteiger partial charge in [0.05, 0.1) is 10.2 Å². The highest BCUT2D eigenvalue weighted by molar-refractivity contribution is 7.22. The van der Waals surface area contributed by atoms with Crippen LogP contribution in [0.5, 0.6) is 0 Å². The lowest BCUT2D eigenvalue weighted by Crippen LogP contribution is -2.26. The molecule has 6 heteroatoms. The number of carbonyl (C=O) groups excluding carboxylic acids is 1. The zero-order chi connectivity index (χ0) is 12.4. The van der Waals surface area contributed by atoms with E-state index >= 15 is 0 Å². The minimum Gasteiger partial charge on any atom is -0.330 e. The average molecular weight is 286 g/mol. The summed E-state index contributed by atoms with van der Waals surface area (Å²) in [5, 5.41) is 3.43. The molecule has 1 unspecified atom stereocenters. The van der Waals surface area contributed by atoms with Crippen LogP contribution in [0.15, 0.2) is 18.2 Å². The Morgan fingerprint density at radius 1 is 1.56 bits per heavy atom. The van der Waals surface area contributed by atoms with E-state index in [9.17, 15) is 4.79 Å². The van der Waals surface area contributed by atoms with Crippen LogP contribution in [-0.4, -0.2) is 17.4 Å². The lowest BCUT2D eigenvalue weighted by molar-refractivity contribution is -0.119. The molecular weight excluding hydrogens is 270 g/mol. The molecule has 0 aliphatic rings. The number of hydrogen-bond donors (Lipinski definition) is 2. The summed E-state index contributed by atoms with van der Waals surface area (Å²) in [6.45, 7) is 4.18. The molecule has 0 saturated carbocycles. The fourth-order valence-electron chi connectivity index (χ4n) is 1.42. The van der Waals surface area contributed by atoms with Gasteiger partial charge in [-0.25, -0.2) is 4.98 Å². The molecule has 0 spiro atoms. The van der Waals surface area contributed by atoms with E-state index in [0.717, 1.165) is 10.2 Å². The highest BCUT2D eigenvalue weighted by Crippen LogP contribution is 2.26. The van der Waals surface area contributed by atoms with Gasteiger partial charge in [-0.15, -0.1) is 12.4 Å². The van der Waals surface area contributed by atoms with Crippen molar-refractivity contribution in [2.24, 2.45) is 11.7 Å². The molecule has 2 aromatic rings. The van der Waals surface area contributed by atoms with Crippen molar-refractivity contribution in [3.05, 3.63) is 23.8 Å². The third-order valence-electron chi connectivity index (χ3n) is 2.58. The van der Waals surface area contributed by atoms with Crippen molar-refractivity contribution in [2.45, 2.75) is 13.8 Å². The Bertz CT molecular complexity index is 555. The van der Waals surface area contributed by atoms with Crippen LogP contribution in [0.3, 0.4) is 0 Å². The third kappa shape index (κ3) is 3.19. The molecule has 0 bridgehead atoms. The molecule has 1 atom stereocenters. The summed E-state index contributed by atoms with van der Waals surface area (Å²) in [5.74, 6) is -0.271. The van der Waals surface area contributed by atoms with Crippen molar-refractivity contribution < 1.29 is 4.79 Å². The first kappa shape index (κ1) is 14.9. The van der Waals surface area contributed by atoms with Gasteiger partial charge < -0.3 is 11.1 Å². The second kappa shape index (κ2) is 6.13. The Balaban J connectivity index is 0.00000162. The van der Waals surface area contributed by atoms with Crippen LogP contribution < -0.4 is 11.1 Å². The van der Waals surface area contributed by atoms with Crippen molar-refractivity contribution in [3.8, 4) is 0 Å². The van der Waals surface area contributed by atoms with Crippen molar-refractivity contribution in [3.63, 3.8) is 0 Å². The van der Waals surface area contributed by atoms with E-state index in [0.29, 0.717) is 11.7 Å². The van der Waals surface area contributed by atoms with E-state index < -0.39 is 0 Å². The minimum atomic E-state index is -0.191. The van der Waals surface area contributed by atoms with Crippen LogP contribution in [0.2, 0.25) is 0 Å². The van der Waals surface area contributed by atoms with Gasteiger partial charge in [-0.3, -0.25) is 4.79 Å². The van der Waals surface area contributed by atoms with Crippen LogP contribution >= 0.6 is 23.7 Å². The second-order valence-corrected chi connectivity index (χ2v) is 5.15. The number of anilines is 1. The molecule has 18 heavy (non-hydrogen) atoms. The van der Waals surface area contributed by atoms with Gasteiger partial charge in [-0.2, -0.15) is 0 Å². The van der Waals surface area contributed by atoms with Crippen molar-refractivity contribution in [2.75, 3.05) is 11.9 Å². The van der Waals surface area contributed by atoms with Crippen LogP contribution in [0.25, 0.3) is 10.2 Å². The van der Waals surface area contributed by atoms with E-state index in [1.807, 2.05) is 19.1 Å². The zero-order valence-electron chi connectivity index (χ0n) is 10.3. The molecule has 0 fully saturated rings. The summed E-state index contributed by atoms with van der Waals surface area (Å²) >= 11 is 1.48. The topological polar surface area (TPSA) is 68.0 Å². The number of aromatic nitrogens is 1. The van der Waals surface area contributed by atoms with E-state index in [4.69, 9.17) is 5.73 Å². The smallest absolute Gasteiger partial charge is 0.230 e. The van der Waals surface area contributed by atoms with E-state index in [1.165, 1.54) is 16.9 Å². The number of rotatable bonds is 3. The molecular formula is C12H16ClN3OS. The van der Waals surface area contributed by atoms with Gasteiger partial charge in [-0.1, -0.05) is 24.3 Å². The standard InChI is InChI=1S/C12H15N3OS.ClH/c1-7-3-4-9-10(5-7)17-12(14-9)15-11(16)8(2)6-13;/h3-5,8H,6,13H2,1-2H3,(H,14,15,16);1H. The van der Waals surface area contributed by atoms with Crippen LogP contribution in [0, 0.1) is 12.8 Å². The first-order chi connectivity index (χ1) is 8.10. The highest BCUT2D eigenvalue weighted by atomic mass is 35.5. The van der Waals surface area contributed by atoms with Crippen molar-refractivity contribution in [1.29, 1.82) is 0 Å². The molecule has 0 saturated heterocycles. The Morgan fingerprint density at radius 2 is 2.28 bits per heavy atom. The minimum absolute atomic E-state index is 0. The number of nitrogens with two attached hydrogens (primary N) is 1. The maximum Gasteiger partial charge on any atom is 0.230 e. The van der Waals surface area contributed by atoms with Crippen LogP contribution in [-0.2, 0) is 4.79 Å². The zero-order valence-corrected chi connectivity index (χ0v) is 11.9. The number of carbonyl (C=O) groups is 1. The first-order valence-corrected chi connectivity index (χ1v) is 6.30. The number of amides is 1. The molecule has 1 aromatic heterocycles. The van der Waals surface area contributed by atoms with Crippen LogP contribution in [0.4, 0.5) is 5.13 Å². The number of hydrogen-bond acceptors (Lipinski definition) is 4. The van der Waals surface area contributed by atoms with E-state index in [2.05, 4.69) is 16.4 Å². The quantitative estimate of drug-likeness (QED) is 0.911. The van der Waals surface area contributed by atoms with Gasteiger partial charge in [0.15, 0.2) is 5.13 Å². The van der Waals surface area contributed by atoms with Crippen molar-refractivity contribution >= 4 is 45.0 Å². The lowest BCUT2D eigenvalue weighted by Gasteiger charge is -2.06. The molecule has 98 valence electrons. The summed E-state index contributed by atoms with van der Waals surface area (Å²) in [5.41, 5.74) is 7.55. The summed E-state index contributed by atoms with van der Waals surface area (Å²) in [4.78, 5) is 16.0. The number of nitrogens with one attached hydrogen (secondary N) is 1. The van der Waals surface area contributed by atoms with Gasteiger partial charge in [0.2, 0.25) is 5.91 Å². The summed E-state index contributed by atoms with van der Waals surface area (Å²) in [6, 6.07) is 6.04. The molecule has 2 rings (SSSR count). The Morgan fingerprint density at radius 3 is 2.94 bits per heavy atom. The highest BCUT2D eigenvalue weighted by Gasteiger charge is 2.13. The molecule has 1 aromatic carbocycles. The number of benzene rings is 1. The second-order valence-electron chi connectivity index (χ2n) is 4.12. The fourth-order valence-corrected chi connectivity index (χ4v) is 2.39. The largest absolute Gasteiger partial charge is 0.330 e. The fraction of sp³-hybridized carbons (Fsp3) is 0.333. The number of nitrogens with zero attached hydrogens (tertiary/aromatic N) is 1. The maximum atomic E-state index is 11.7. The first-order valence-electron chi connectivity index (χ1n) is 5.48. The molecule has 1 amide bonds. The predicted molar refractivity (Wildman–Crippen MR) is 78.5 cm³/mol. The third-order valence-corrected chi connectivity index (χ3v) is 3.51. The number of thiazole rings is 1. The number of halogens is 1. The molecule has 1 heterocycles. The maximum absolute atomic E-state index is 11.7. The van der Waals surface area contributed by atoms with Crippen LogP contribution in [0.1, 0.15) is 12.5 Å². The summed E-state index contributed by atoms with van der Waals surface area (Å²) in [6.07, 6.45) is 0. The van der Waals surface area contributed by atoms with E-state index in [1.54, 1.807) is 6.92 Å². The van der Waals surface area contributed by atoms with Gasteiger partial charge in [0, 0.05) is 12.5 Å². The Kier molecular flexibility index (Phi) is 5.07. The van der Waals surface area contributed by atoms with Gasteiger partial charge in [0.1, 0.15) is 0 Å². The lowest BCUT2D eigenvalue weighted by atomic mass is 10.2. The Labute approximate surface area is 116 Å². The normalized spacial score (nSPS) is 11.9. The average Bonchev–Trinajstić information content (AvgIpc) is 2.69. The predicted octanol–water partition coefficient (Wildman–Crippen LogP) is 2.56. The van der Waals surface area contributed by atoms with Gasteiger partial charge >= 0.3 is 0 Å². The Hall–Kier alpha value is -1.17. The van der Waals surface area contributed by atoms with Crippen molar-refractivity contribution in [1.82, 2.24) is 4.98 Å². The summed E-state index contributed by atoms with van der Waals surface area (Å²) in [7, 11) is 0. The molecule has 0 aliphatic heterocycles. The summed E-state index contributed by atoms with van der Waals surface area (Å²) < 4.78 is 1.08.